The number of amides is 2. The number of methoxy groups -OCH3 is 2. The molecule has 0 spiro atoms. The van der Waals surface area contributed by atoms with Crippen LogP contribution < -0.4 is 34.9 Å². The fourth-order valence-corrected chi connectivity index (χ4v) is 6.46. The van der Waals surface area contributed by atoms with Crippen molar-refractivity contribution in [2.24, 2.45) is 0 Å². The molecule has 2 fully saturated rings. The molecule has 2 amide bonds. The largest absolute Gasteiger partial charge is 0.497 e. The van der Waals surface area contributed by atoms with Gasteiger partial charge in [0.1, 0.15) is 23.4 Å². The van der Waals surface area contributed by atoms with Crippen LogP contribution in [0.25, 0.3) is 11.0 Å². The van der Waals surface area contributed by atoms with E-state index in [1.807, 2.05) is 30.3 Å². The third-order valence-electron chi connectivity index (χ3n) is 8.83. The first-order valence-corrected chi connectivity index (χ1v) is 15.3. The molecule has 3 aromatic heterocycles. The van der Waals surface area contributed by atoms with Crippen molar-refractivity contribution in [2.45, 2.75) is 50.5 Å². The first kappa shape index (κ1) is 29.5. The lowest BCUT2D eigenvalue weighted by atomic mass is 9.88. The second-order valence-corrected chi connectivity index (χ2v) is 11.5. The van der Waals surface area contributed by atoms with Crippen LogP contribution in [0.2, 0.25) is 0 Å². The van der Waals surface area contributed by atoms with Gasteiger partial charge in [-0.1, -0.05) is 12.1 Å². The Balaban J connectivity index is 1.03. The number of rotatable bonds is 9. The Kier molecular flexibility index (Phi) is 7.91. The molecule has 7 rings (SSSR count). The van der Waals surface area contributed by atoms with Gasteiger partial charge in [-0.2, -0.15) is 0 Å². The molecule has 13 nitrogen and oxygen atoms in total. The minimum Gasteiger partial charge on any atom is -0.497 e. The lowest BCUT2D eigenvalue weighted by Gasteiger charge is -2.34. The van der Waals surface area contributed by atoms with Crippen LogP contribution in [0.1, 0.15) is 24.8 Å². The van der Waals surface area contributed by atoms with E-state index in [0.717, 1.165) is 23.3 Å². The standard InChI is InChI=1S/C33H34N6O7/c1-43-22-6-3-20(4-7-22)18-38-31(41)19-45-27-10-11-29(36-32(27)38)39-25-9-5-21(15-28(25)46-33(39)42)34-13-14-37-26-16-23(44-2)17-35-24(26)8-12-30(37)40/h3-4,6-8,10-12,16-17,21,25,28,34H,5,9,13-15,18-19H2,1-2H3/t21-,25-,28+/m0/s1. The molecule has 0 bridgehead atoms. The molecule has 1 saturated carbocycles. The van der Waals surface area contributed by atoms with Crippen molar-refractivity contribution < 1.29 is 28.5 Å². The number of nitrogens with one attached hydrogen (secondary N) is 1. The van der Waals surface area contributed by atoms with Crippen molar-refractivity contribution in [3.8, 4) is 17.2 Å². The maximum absolute atomic E-state index is 13.2. The molecule has 4 aromatic rings. The van der Waals surface area contributed by atoms with Crippen LogP contribution in [0.3, 0.4) is 0 Å². The smallest absolute Gasteiger partial charge is 0.416 e. The Bertz CT molecular complexity index is 1850. The lowest BCUT2D eigenvalue weighted by molar-refractivity contribution is -0.121. The van der Waals surface area contributed by atoms with Crippen LogP contribution in [0.4, 0.5) is 16.4 Å². The van der Waals surface area contributed by atoms with E-state index in [0.29, 0.717) is 61.1 Å². The molecule has 13 heteroatoms. The zero-order valence-electron chi connectivity index (χ0n) is 25.5. The number of ether oxygens (including phenoxy) is 4. The van der Waals surface area contributed by atoms with Gasteiger partial charge >= 0.3 is 6.09 Å². The minimum atomic E-state index is -0.461. The Labute approximate surface area is 264 Å². The highest BCUT2D eigenvalue weighted by atomic mass is 16.6. The van der Waals surface area contributed by atoms with Gasteiger partial charge in [-0.25, -0.2) is 9.78 Å². The maximum Gasteiger partial charge on any atom is 0.416 e. The first-order chi connectivity index (χ1) is 22.4. The third kappa shape index (κ3) is 5.58. The molecule has 238 valence electrons. The fraction of sp³-hybridized carbons (Fsp3) is 0.364. The molecule has 0 radical (unpaired) electrons. The third-order valence-corrected chi connectivity index (χ3v) is 8.83. The van der Waals surface area contributed by atoms with Crippen LogP contribution in [0.15, 0.2) is 65.6 Å². The molecule has 2 aliphatic heterocycles. The first-order valence-electron chi connectivity index (χ1n) is 15.3. The molecule has 1 saturated heterocycles. The zero-order chi connectivity index (χ0) is 31.8. The van der Waals surface area contributed by atoms with Crippen molar-refractivity contribution in [1.29, 1.82) is 0 Å². The highest BCUT2D eigenvalue weighted by molar-refractivity contribution is 5.97. The van der Waals surface area contributed by atoms with Crippen LogP contribution in [0, 0.1) is 0 Å². The number of nitrogens with zero attached hydrogens (tertiary/aromatic N) is 5. The van der Waals surface area contributed by atoms with E-state index < -0.39 is 6.09 Å². The van der Waals surface area contributed by atoms with Crippen LogP contribution >= 0.6 is 0 Å². The minimum absolute atomic E-state index is 0.0881. The number of hydrogen-bond donors (Lipinski definition) is 1. The summed E-state index contributed by atoms with van der Waals surface area (Å²) in [7, 11) is 3.17. The molecule has 3 atom stereocenters. The van der Waals surface area contributed by atoms with Gasteiger partial charge in [-0.3, -0.25) is 24.4 Å². The quantitative estimate of drug-likeness (QED) is 0.295. The summed E-state index contributed by atoms with van der Waals surface area (Å²) in [6.07, 6.45) is 2.99. The van der Waals surface area contributed by atoms with Crippen molar-refractivity contribution in [1.82, 2.24) is 19.9 Å². The second kappa shape index (κ2) is 12.3. The van der Waals surface area contributed by atoms with E-state index in [9.17, 15) is 14.4 Å². The van der Waals surface area contributed by atoms with Crippen molar-refractivity contribution in [3.05, 3.63) is 76.7 Å². The number of hydrogen-bond acceptors (Lipinski definition) is 10. The van der Waals surface area contributed by atoms with Gasteiger partial charge in [-0.05, 0) is 48.7 Å². The summed E-state index contributed by atoms with van der Waals surface area (Å²) in [5.74, 6) is 2.36. The predicted molar refractivity (Wildman–Crippen MR) is 169 cm³/mol. The van der Waals surface area contributed by atoms with Gasteiger partial charge in [0.2, 0.25) is 0 Å². The molecule has 5 heterocycles. The van der Waals surface area contributed by atoms with Crippen LogP contribution in [0.5, 0.6) is 17.2 Å². The van der Waals surface area contributed by atoms with Crippen molar-refractivity contribution in [2.75, 3.05) is 37.2 Å². The SMILES string of the molecule is COc1ccc(CN2C(=O)COc3ccc(N4C(=O)O[C@@H]5C[C@@H](NCCn6c(=O)ccc7ncc(OC)cc76)CC[C@@H]54)nc32)cc1. The van der Waals surface area contributed by atoms with E-state index in [1.54, 1.807) is 53.0 Å². The summed E-state index contributed by atoms with van der Waals surface area (Å²) in [5.41, 5.74) is 2.22. The number of fused-ring (bicyclic) bond motifs is 3. The van der Waals surface area contributed by atoms with Gasteiger partial charge in [0.05, 0.1) is 44.0 Å². The molecular formula is C33H34N6O7. The summed E-state index contributed by atoms with van der Waals surface area (Å²) in [6.45, 7) is 1.22. The molecule has 1 aliphatic carbocycles. The highest BCUT2D eigenvalue weighted by Crippen LogP contribution is 2.39. The molecule has 46 heavy (non-hydrogen) atoms. The highest BCUT2D eigenvalue weighted by Gasteiger charge is 2.47. The Morgan fingerprint density at radius 3 is 2.61 bits per heavy atom. The van der Waals surface area contributed by atoms with Gasteiger partial charge in [0.25, 0.3) is 11.5 Å². The summed E-state index contributed by atoms with van der Waals surface area (Å²) < 4.78 is 23.8. The monoisotopic (exact) mass is 626 g/mol. The van der Waals surface area contributed by atoms with Gasteiger partial charge < -0.3 is 28.8 Å². The summed E-state index contributed by atoms with van der Waals surface area (Å²) in [6, 6.07) is 15.9. The van der Waals surface area contributed by atoms with Crippen molar-refractivity contribution >= 4 is 34.7 Å². The summed E-state index contributed by atoms with van der Waals surface area (Å²) in [4.78, 5) is 51.1. The number of carbonyl (C=O) groups is 2. The van der Waals surface area contributed by atoms with Gasteiger partial charge in [-0.15, -0.1) is 0 Å². The zero-order valence-corrected chi connectivity index (χ0v) is 25.5. The Morgan fingerprint density at radius 2 is 1.80 bits per heavy atom. The lowest BCUT2D eigenvalue weighted by Crippen LogP contribution is -2.47. The van der Waals surface area contributed by atoms with E-state index >= 15 is 0 Å². The number of anilines is 2. The van der Waals surface area contributed by atoms with Gasteiger partial charge in [0.15, 0.2) is 18.2 Å². The molecular weight excluding hydrogens is 592 g/mol. The van der Waals surface area contributed by atoms with E-state index in [2.05, 4.69) is 10.3 Å². The van der Waals surface area contributed by atoms with E-state index in [4.69, 9.17) is 23.9 Å². The molecule has 1 aromatic carbocycles. The van der Waals surface area contributed by atoms with E-state index in [-0.39, 0.29) is 36.3 Å². The van der Waals surface area contributed by atoms with Crippen molar-refractivity contribution in [3.63, 3.8) is 0 Å². The summed E-state index contributed by atoms with van der Waals surface area (Å²) >= 11 is 0. The molecule has 3 aliphatic rings. The van der Waals surface area contributed by atoms with E-state index in [1.165, 1.54) is 6.07 Å². The Hall–Kier alpha value is -5.17. The number of pyridine rings is 3. The number of carbonyl (C=O) groups excluding carboxylic acids is 2. The fourth-order valence-electron chi connectivity index (χ4n) is 6.46. The topological polar surface area (TPSA) is 137 Å². The van der Waals surface area contributed by atoms with Gasteiger partial charge in [0, 0.05) is 37.7 Å². The maximum atomic E-state index is 13.2. The number of aromatic nitrogens is 3. The molecule has 0 unspecified atom stereocenters. The second-order valence-electron chi connectivity index (χ2n) is 11.5. The van der Waals surface area contributed by atoms with Crippen LogP contribution in [-0.2, 0) is 22.6 Å². The number of benzene rings is 1. The Morgan fingerprint density at radius 1 is 0.978 bits per heavy atom. The van der Waals surface area contributed by atoms with Crippen LogP contribution in [-0.4, -0.2) is 72.1 Å². The molecule has 1 N–H and O–H groups in total. The predicted octanol–water partition coefficient (Wildman–Crippen LogP) is 3.27. The average Bonchev–Trinajstić information content (AvgIpc) is 3.41. The normalized spacial score (nSPS) is 20.6. The summed E-state index contributed by atoms with van der Waals surface area (Å²) in [5, 5.41) is 3.55. The average molecular weight is 627 g/mol.